The molecule has 18 heavy (non-hydrogen) atoms. The summed E-state index contributed by atoms with van der Waals surface area (Å²) in [5.74, 6) is 0.0160. The Bertz CT molecular complexity index is 396. The number of morpholine rings is 1. The maximum atomic E-state index is 14.1. The first kappa shape index (κ1) is 13.2. The second-order valence-corrected chi connectivity index (χ2v) is 4.39. The van der Waals surface area contributed by atoms with Crippen LogP contribution in [0.1, 0.15) is 12.6 Å². The zero-order valence-electron chi connectivity index (χ0n) is 10.8. The number of nitrogens with one attached hydrogen (secondary N) is 1. The van der Waals surface area contributed by atoms with E-state index >= 15 is 0 Å². The summed E-state index contributed by atoms with van der Waals surface area (Å²) in [5.41, 5.74) is 0.453. The van der Waals surface area contributed by atoms with Gasteiger partial charge in [0.15, 0.2) is 11.6 Å². The van der Waals surface area contributed by atoms with Crippen LogP contribution in [-0.4, -0.2) is 49.4 Å². The van der Waals surface area contributed by atoms with Crippen molar-refractivity contribution in [2.75, 3.05) is 38.2 Å². The summed E-state index contributed by atoms with van der Waals surface area (Å²) in [6.45, 7) is 4.86. The molecule has 100 valence electrons. The lowest BCUT2D eigenvalue weighted by atomic mass is 10.2. The highest BCUT2D eigenvalue weighted by Crippen LogP contribution is 2.17. The monoisotopic (exact) mass is 254 g/mol. The molecule has 2 rings (SSSR count). The molecular formula is C12H19FN4O. The molecule has 0 bridgehead atoms. The Morgan fingerprint density at radius 3 is 3.06 bits per heavy atom. The van der Waals surface area contributed by atoms with Crippen LogP contribution in [0.2, 0.25) is 0 Å². The second-order valence-electron chi connectivity index (χ2n) is 4.39. The van der Waals surface area contributed by atoms with Gasteiger partial charge in [0, 0.05) is 26.7 Å². The third-order valence-electron chi connectivity index (χ3n) is 3.02. The van der Waals surface area contributed by atoms with Gasteiger partial charge < -0.3 is 15.0 Å². The number of ether oxygens (including phenoxy) is 1. The lowest BCUT2D eigenvalue weighted by molar-refractivity contribution is 0.0338. The average molecular weight is 254 g/mol. The van der Waals surface area contributed by atoms with Gasteiger partial charge in [0.25, 0.3) is 0 Å². The van der Waals surface area contributed by atoms with Crippen molar-refractivity contribution in [1.82, 2.24) is 15.3 Å². The Kier molecular flexibility index (Phi) is 4.43. The van der Waals surface area contributed by atoms with Gasteiger partial charge in [0.05, 0.1) is 18.4 Å². The molecule has 1 aliphatic rings. The molecule has 6 heteroatoms. The fourth-order valence-corrected chi connectivity index (χ4v) is 2.04. The van der Waals surface area contributed by atoms with Crippen molar-refractivity contribution in [1.29, 1.82) is 0 Å². The summed E-state index contributed by atoms with van der Waals surface area (Å²) < 4.78 is 19.7. The van der Waals surface area contributed by atoms with Crippen LogP contribution in [0.3, 0.4) is 0 Å². The van der Waals surface area contributed by atoms with Crippen molar-refractivity contribution in [3.05, 3.63) is 17.8 Å². The van der Waals surface area contributed by atoms with Gasteiger partial charge in [-0.1, -0.05) is 6.92 Å². The topological polar surface area (TPSA) is 50.3 Å². The van der Waals surface area contributed by atoms with Gasteiger partial charge in [-0.2, -0.15) is 0 Å². The molecule has 5 nitrogen and oxygen atoms in total. The molecule has 1 aromatic heterocycles. The van der Waals surface area contributed by atoms with Crippen molar-refractivity contribution in [2.45, 2.75) is 19.4 Å². The van der Waals surface area contributed by atoms with E-state index in [-0.39, 0.29) is 11.9 Å². The van der Waals surface area contributed by atoms with Crippen LogP contribution in [0.5, 0.6) is 0 Å². The first-order valence-electron chi connectivity index (χ1n) is 6.25. The first-order valence-corrected chi connectivity index (χ1v) is 6.25. The van der Waals surface area contributed by atoms with Gasteiger partial charge in [0.2, 0.25) is 0 Å². The first-order chi connectivity index (χ1) is 8.72. The van der Waals surface area contributed by atoms with E-state index in [4.69, 9.17) is 4.74 Å². The molecule has 1 aliphatic heterocycles. The molecule has 0 radical (unpaired) electrons. The summed E-state index contributed by atoms with van der Waals surface area (Å²) in [5, 5.41) is 3.25. The Balaban J connectivity index is 2.05. The highest BCUT2D eigenvalue weighted by atomic mass is 19.1. The zero-order valence-corrected chi connectivity index (χ0v) is 10.8. The molecule has 0 aliphatic carbocycles. The number of likely N-dealkylation sites (N-methyl/N-ethyl adjacent to an activating group) is 1. The minimum absolute atomic E-state index is 0.0724. The Morgan fingerprint density at radius 2 is 2.39 bits per heavy atom. The smallest absolute Gasteiger partial charge is 0.187 e. The van der Waals surface area contributed by atoms with Crippen LogP contribution in [0.25, 0.3) is 0 Å². The van der Waals surface area contributed by atoms with Crippen molar-refractivity contribution in [3.63, 3.8) is 0 Å². The molecule has 0 aromatic carbocycles. The number of aryl methyl sites for hydroxylation is 1. The van der Waals surface area contributed by atoms with Crippen molar-refractivity contribution < 1.29 is 9.13 Å². The third-order valence-corrected chi connectivity index (χ3v) is 3.02. The van der Waals surface area contributed by atoms with E-state index in [9.17, 15) is 4.39 Å². The van der Waals surface area contributed by atoms with Crippen LogP contribution in [0.15, 0.2) is 6.33 Å². The highest BCUT2D eigenvalue weighted by molar-refractivity contribution is 5.40. The number of rotatable bonds is 4. The zero-order chi connectivity index (χ0) is 13.0. The minimum atomic E-state index is -0.328. The van der Waals surface area contributed by atoms with Crippen LogP contribution in [-0.2, 0) is 11.2 Å². The summed E-state index contributed by atoms with van der Waals surface area (Å²) in [4.78, 5) is 9.73. The van der Waals surface area contributed by atoms with Crippen molar-refractivity contribution in [3.8, 4) is 0 Å². The Labute approximate surface area is 106 Å². The quantitative estimate of drug-likeness (QED) is 0.853. The van der Waals surface area contributed by atoms with E-state index in [1.807, 2.05) is 14.0 Å². The van der Waals surface area contributed by atoms with E-state index in [1.54, 1.807) is 4.90 Å². The van der Waals surface area contributed by atoms with Gasteiger partial charge >= 0.3 is 0 Å². The van der Waals surface area contributed by atoms with Crippen molar-refractivity contribution >= 4 is 5.82 Å². The fourth-order valence-electron chi connectivity index (χ4n) is 2.04. The predicted octanol–water partition coefficient (Wildman–Crippen LogP) is 0.603. The van der Waals surface area contributed by atoms with Crippen LogP contribution in [0, 0.1) is 5.82 Å². The molecule has 1 saturated heterocycles. The van der Waals surface area contributed by atoms with Crippen LogP contribution >= 0.6 is 0 Å². The normalized spacial score (nSPS) is 19.8. The number of hydrogen-bond donors (Lipinski definition) is 1. The maximum Gasteiger partial charge on any atom is 0.187 e. The highest BCUT2D eigenvalue weighted by Gasteiger charge is 2.19. The van der Waals surface area contributed by atoms with E-state index in [0.29, 0.717) is 31.1 Å². The molecule has 1 atom stereocenters. The van der Waals surface area contributed by atoms with Gasteiger partial charge in [0.1, 0.15) is 6.33 Å². The summed E-state index contributed by atoms with van der Waals surface area (Å²) >= 11 is 0. The third kappa shape index (κ3) is 2.94. The summed E-state index contributed by atoms with van der Waals surface area (Å²) in [6.07, 6.45) is 2.05. The molecule has 0 spiro atoms. The second kappa shape index (κ2) is 6.06. The Morgan fingerprint density at radius 1 is 1.56 bits per heavy atom. The van der Waals surface area contributed by atoms with Gasteiger partial charge in [-0.3, -0.25) is 0 Å². The summed E-state index contributed by atoms with van der Waals surface area (Å²) in [7, 11) is 1.82. The van der Waals surface area contributed by atoms with Gasteiger partial charge in [-0.25, -0.2) is 14.4 Å². The largest absolute Gasteiger partial charge is 0.374 e. The van der Waals surface area contributed by atoms with Crippen LogP contribution < -0.4 is 10.2 Å². The van der Waals surface area contributed by atoms with Crippen molar-refractivity contribution in [2.24, 2.45) is 0 Å². The maximum absolute atomic E-state index is 14.1. The molecule has 1 unspecified atom stereocenters. The van der Waals surface area contributed by atoms with E-state index in [2.05, 4.69) is 15.3 Å². The SMILES string of the molecule is CCc1ncnc(N(C)CC2CNCCO2)c1F. The van der Waals surface area contributed by atoms with Crippen LogP contribution in [0.4, 0.5) is 10.2 Å². The molecule has 0 amide bonds. The standard InChI is InChI=1S/C12H19FN4O/c1-3-10-11(13)12(16-8-15-10)17(2)7-9-6-14-4-5-18-9/h8-9,14H,3-7H2,1-2H3. The van der Waals surface area contributed by atoms with E-state index in [1.165, 1.54) is 6.33 Å². The average Bonchev–Trinajstić information content (AvgIpc) is 2.40. The predicted molar refractivity (Wildman–Crippen MR) is 67.2 cm³/mol. The number of aromatic nitrogens is 2. The molecule has 1 aromatic rings. The minimum Gasteiger partial charge on any atom is -0.374 e. The Hall–Kier alpha value is -1.27. The molecule has 0 saturated carbocycles. The molecular weight excluding hydrogens is 235 g/mol. The number of anilines is 1. The summed E-state index contributed by atoms with van der Waals surface area (Å²) in [6, 6.07) is 0. The molecule has 1 fully saturated rings. The molecule has 2 heterocycles. The van der Waals surface area contributed by atoms with Gasteiger partial charge in [-0.15, -0.1) is 0 Å². The van der Waals surface area contributed by atoms with E-state index < -0.39 is 0 Å². The lowest BCUT2D eigenvalue weighted by Gasteiger charge is -2.28. The number of hydrogen-bond acceptors (Lipinski definition) is 5. The lowest BCUT2D eigenvalue weighted by Crippen LogP contribution is -2.44. The fraction of sp³-hybridized carbons (Fsp3) is 0.667. The number of nitrogens with zero attached hydrogens (tertiary/aromatic N) is 3. The van der Waals surface area contributed by atoms with Gasteiger partial charge in [-0.05, 0) is 6.42 Å². The molecule has 1 N–H and O–H groups in total. The van der Waals surface area contributed by atoms with E-state index in [0.717, 1.165) is 13.1 Å². The number of halogens is 1.